The zero-order valence-corrected chi connectivity index (χ0v) is 16.8. The highest BCUT2D eigenvalue weighted by Crippen LogP contribution is 2.22. The minimum atomic E-state index is -0.506. The molecule has 5 nitrogen and oxygen atoms in total. The summed E-state index contributed by atoms with van der Waals surface area (Å²) in [5.74, 6) is 1.67. The lowest BCUT2D eigenvalue weighted by Crippen LogP contribution is -2.49. The number of aliphatic hydroxyl groups excluding tert-OH is 1. The smallest absolute Gasteiger partial charge is 0.120 e. The van der Waals surface area contributed by atoms with E-state index in [1.54, 1.807) is 7.11 Å². The van der Waals surface area contributed by atoms with Gasteiger partial charge in [-0.2, -0.15) is 0 Å². The monoisotopic (exact) mass is 392 g/mol. The molecule has 152 valence electrons. The van der Waals surface area contributed by atoms with Crippen molar-refractivity contribution in [1.29, 1.82) is 0 Å². The lowest BCUT2D eigenvalue weighted by atomic mass is 10.1. The Kier molecular flexibility index (Phi) is 6.17. The standard InChI is InChI=1S/C24H28N2O3/c1-28-23-10-7-21(8-11-23)26-14-12-25(13-15-26)17-22(27)18-29-24-9-6-19-4-2-3-5-20(19)16-24/h2-11,16,22,27H,12-15,17-18H2,1H3/t22-/m1/s1. The third-order valence-corrected chi connectivity index (χ3v) is 5.44. The number of methoxy groups -OCH3 is 1. The number of rotatable bonds is 7. The maximum Gasteiger partial charge on any atom is 0.120 e. The fourth-order valence-corrected chi connectivity index (χ4v) is 3.78. The van der Waals surface area contributed by atoms with Gasteiger partial charge in [-0.1, -0.05) is 30.3 Å². The van der Waals surface area contributed by atoms with Gasteiger partial charge in [-0.3, -0.25) is 4.90 Å². The highest BCUT2D eigenvalue weighted by atomic mass is 16.5. The van der Waals surface area contributed by atoms with Crippen LogP contribution < -0.4 is 14.4 Å². The van der Waals surface area contributed by atoms with Crippen molar-refractivity contribution in [1.82, 2.24) is 4.90 Å². The Labute approximate surface area is 172 Å². The molecule has 4 rings (SSSR count). The van der Waals surface area contributed by atoms with Crippen LogP contribution in [0.4, 0.5) is 5.69 Å². The van der Waals surface area contributed by atoms with Gasteiger partial charge in [0.05, 0.1) is 7.11 Å². The average Bonchev–Trinajstić information content (AvgIpc) is 2.78. The number of anilines is 1. The first kappa shape index (κ1) is 19.6. The van der Waals surface area contributed by atoms with Crippen LogP contribution in [0.25, 0.3) is 10.8 Å². The van der Waals surface area contributed by atoms with Gasteiger partial charge in [0.2, 0.25) is 0 Å². The molecule has 3 aromatic carbocycles. The predicted molar refractivity (Wildman–Crippen MR) is 117 cm³/mol. The zero-order chi connectivity index (χ0) is 20.1. The summed E-state index contributed by atoms with van der Waals surface area (Å²) in [5, 5.41) is 12.8. The summed E-state index contributed by atoms with van der Waals surface area (Å²) in [6.45, 7) is 4.69. The molecule has 3 aromatic rings. The maximum atomic E-state index is 10.4. The molecule has 1 fully saturated rings. The molecule has 5 heteroatoms. The number of β-amino-alcohol motifs (C(OH)–C–C–N with tert-alkyl or cyclic N) is 1. The van der Waals surface area contributed by atoms with Gasteiger partial charge in [0, 0.05) is 38.4 Å². The molecule has 1 N–H and O–H groups in total. The molecule has 1 aliphatic heterocycles. The Bertz CT molecular complexity index is 921. The van der Waals surface area contributed by atoms with E-state index in [4.69, 9.17) is 9.47 Å². The van der Waals surface area contributed by atoms with Crippen molar-refractivity contribution in [3.8, 4) is 11.5 Å². The van der Waals surface area contributed by atoms with E-state index in [-0.39, 0.29) is 0 Å². The number of fused-ring (bicyclic) bond motifs is 1. The van der Waals surface area contributed by atoms with Gasteiger partial charge in [0.1, 0.15) is 24.2 Å². The molecular weight excluding hydrogens is 364 g/mol. The normalized spacial score (nSPS) is 16.0. The van der Waals surface area contributed by atoms with Crippen molar-refractivity contribution in [3.05, 3.63) is 66.7 Å². The zero-order valence-electron chi connectivity index (χ0n) is 16.8. The van der Waals surface area contributed by atoms with Crippen molar-refractivity contribution >= 4 is 16.5 Å². The summed E-state index contributed by atoms with van der Waals surface area (Å²) < 4.78 is 11.1. The van der Waals surface area contributed by atoms with Crippen LogP contribution >= 0.6 is 0 Å². The van der Waals surface area contributed by atoms with Gasteiger partial charge in [-0.25, -0.2) is 0 Å². The van der Waals surface area contributed by atoms with Crippen molar-refractivity contribution < 1.29 is 14.6 Å². The highest BCUT2D eigenvalue weighted by molar-refractivity contribution is 5.83. The predicted octanol–water partition coefficient (Wildman–Crippen LogP) is 3.41. The molecule has 0 bridgehead atoms. The first-order valence-electron chi connectivity index (χ1n) is 10.1. The molecule has 0 radical (unpaired) electrons. The van der Waals surface area contributed by atoms with Crippen LogP contribution in [0.2, 0.25) is 0 Å². The Morgan fingerprint density at radius 1 is 0.862 bits per heavy atom. The molecule has 1 heterocycles. The maximum absolute atomic E-state index is 10.4. The van der Waals surface area contributed by atoms with Crippen molar-refractivity contribution in [2.75, 3.05) is 51.3 Å². The molecule has 1 atom stereocenters. The number of aliphatic hydroxyl groups is 1. The SMILES string of the molecule is COc1ccc(N2CCN(C[C@@H](O)COc3ccc4ccccc4c3)CC2)cc1. The highest BCUT2D eigenvalue weighted by Gasteiger charge is 2.20. The molecule has 0 amide bonds. The summed E-state index contributed by atoms with van der Waals surface area (Å²) >= 11 is 0. The lowest BCUT2D eigenvalue weighted by Gasteiger charge is -2.36. The number of benzene rings is 3. The van der Waals surface area contributed by atoms with E-state index >= 15 is 0 Å². The first-order valence-corrected chi connectivity index (χ1v) is 10.1. The van der Waals surface area contributed by atoms with E-state index in [0.717, 1.165) is 43.1 Å². The Morgan fingerprint density at radius 3 is 2.28 bits per heavy atom. The second-order valence-corrected chi connectivity index (χ2v) is 7.46. The molecule has 1 saturated heterocycles. The van der Waals surface area contributed by atoms with Crippen LogP contribution in [0.1, 0.15) is 0 Å². The largest absolute Gasteiger partial charge is 0.497 e. The quantitative estimate of drug-likeness (QED) is 0.668. The molecule has 0 aromatic heterocycles. The minimum Gasteiger partial charge on any atom is -0.497 e. The fourth-order valence-electron chi connectivity index (χ4n) is 3.78. The van der Waals surface area contributed by atoms with Gasteiger partial charge < -0.3 is 19.5 Å². The van der Waals surface area contributed by atoms with E-state index in [2.05, 4.69) is 40.1 Å². The van der Waals surface area contributed by atoms with Crippen LogP contribution in [0.3, 0.4) is 0 Å². The second-order valence-electron chi connectivity index (χ2n) is 7.46. The number of ether oxygens (including phenoxy) is 2. The van der Waals surface area contributed by atoms with Crippen LogP contribution in [0.15, 0.2) is 66.7 Å². The molecular formula is C24H28N2O3. The average molecular weight is 392 g/mol. The summed E-state index contributed by atoms with van der Waals surface area (Å²) in [4.78, 5) is 4.67. The van der Waals surface area contributed by atoms with Gasteiger partial charge in [0.25, 0.3) is 0 Å². The van der Waals surface area contributed by atoms with Crippen LogP contribution in [0, 0.1) is 0 Å². The molecule has 0 unspecified atom stereocenters. The Hall–Kier alpha value is -2.76. The summed E-state index contributed by atoms with van der Waals surface area (Å²) in [7, 11) is 1.68. The molecule has 0 aliphatic carbocycles. The topological polar surface area (TPSA) is 45.2 Å². The van der Waals surface area contributed by atoms with E-state index in [9.17, 15) is 5.11 Å². The van der Waals surface area contributed by atoms with E-state index in [0.29, 0.717) is 13.2 Å². The van der Waals surface area contributed by atoms with Crippen molar-refractivity contribution in [2.24, 2.45) is 0 Å². The molecule has 29 heavy (non-hydrogen) atoms. The lowest BCUT2D eigenvalue weighted by molar-refractivity contribution is 0.0663. The Balaban J connectivity index is 1.23. The summed E-state index contributed by atoms with van der Waals surface area (Å²) in [6.07, 6.45) is -0.506. The van der Waals surface area contributed by atoms with E-state index in [1.807, 2.05) is 36.4 Å². The van der Waals surface area contributed by atoms with Crippen LogP contribution in [-0.4, -0.2) is 62.6 Å². The molecule has 0 spiro atoms. The third-order valence-electron chi connectivity index (χ3n) is 5.44. The van der Waals surface area contributed by atoms with Gasteiger partial charge in [-0.15, -0.1) is 0 Å². The van der Waals surface area contributed by atoms with Gasteiger partial charge in [-0.05, 0) is 47.2 Å². The second kappa shape index (κ2) is 9.16. The van der Waals surface area contributed by atoms with Gasteiger partial charge >= 0.3 is 0 Å². The van der Waals surface area contributed by atoms with E-state index < -0.39 is 6.10 Å². The fraction of sp³-hybridized carbons (Fsp3) is 0.333. The summed E-state index contributed by atoms with van der Waals surface area (Å²) in [5.41, 5.74) is 1.21. The van der Waals surface area contributed by atoms with E-state index in [1.165, 1.54) is 11.1 Å². The number of nitrogens with zero attached hydrogens (tertiary/aromatic N) is 2. The number of hydrogen-bond donors (Lipinski definition) is 1. The van der Waals surface area contributed by atoms with Crippen molar-refractivity contribution in [3.63, 3.8) is 0 Å². The van der Waals surface area contributed by atoms with Crippen LogP contribution in [-0.2, 0) is 0 Å². The molecule has 0 saturated carbocycles. The first-order chi connectivity index (χ1) is 14.2. The minimum absolute atomic E-state index is 0.303. The summed E-state index contributed by atoms with van der Waals surface area (Å²) in [6, 6.07) is 22.4. The van der Waals surface area contributed by atoms with Gasteiger partial charge in [0.15, 0.2) is 0 Å². The van der Waals surface area contributed by atoms with Crippen molar-refractivity contribution in [2.45, 2.75) is 6.10 Å². The number of hydrogen-bond acceptors (Lipinski definition) is 5. The Morgan fingerprint density at radius 2 is 1.55 bits per heavy atom. The van der Waals surface area contributed by atoms with Crippen LogP contribution in [0.5, 0.6) is 11.5 Å². The third kappa shape index (κ3) is 5.00. The number of piperazine rings is 1. The molecule has 1 aliphatic rings.